The highest BCUT2D eigenvalue weighted by Crippen LogP contribution is 2.34. The van der Waals surface area contributed by atoms with E-state index in [1.165, 1.54) is 0 Å². The second kappa shape index (κ2) is 9.26. The zero-order valence-corrected chi connectivity index (χ0v) is 22.9. The Bertz CT molecular complexity index is 1550. The number of benzene rings is 4. The van der Waals surface area contributed by atoms with E-state index in [9.17, 15) is 16.8 Å². The first-order valence-corrected chi connectivity index (χ1v) is 14.5. The Morgan fingerprint density at radius 3 is 1.11 bits per heavy atom. The Labute approximate surface area is 213 Å². The average Bonchev–Trinajstić information content (AvgIpc) is 2.73. The Morgan fingerprint density at radius 2 is 0.806 bits per heavy atom. The van der Waals surface area contributed by atoms with Gasteiger partial charge in [-0.25, -0.2) is 16.8 Å². The number of rotatable bonds is 6. The molecule has 0 aliphatic carbocycles. The van der Waals surface area contributed by atoms with E-state index in [1.807, 2.05) is 38.1 Å². The SMILES string of the molecule is Cc1cc(C)c(S(=O)(=O)Nc2ccc(NS(=O)(=O)c3c(C)cc(C)cc3C)c3ccccc23)c(C)c1. The minimum Gasteiger partial charge on any atom is -0.279 e. The van der Waals surface area contributed by atoms with Crippen LogP contribution in [0, 0.1) is 41.5 Å². The van der Waals surface area contributed by atoms with E-state index in [1.54, 1.807) is 64.1 Å². The van der Waals surface area contributed by atoms with Gasteiger partial charge in [0.25, 0.3) is 20.0 Å². The van der Waals surface area contributed by atoms with Gasteiger partial charge < -0.3 is 0 Å². The molecule has 4 aromatic carbocycles. The van der Waals surface area contributed by atoms with Crippen LogP contribution in [0.5, 0.6) is 0 Å². The highest BCUT2D eigenvalue weighted by molar-refractivity contribution is 7.93. The topological polar surface area (TPSA) is 92.3 Å². The molecule has 0 radical (unpaired) electrons. The molecule has 188 valence electrons. The summed E-state index contributed by atoms with van der Waals surface area (Å²) in [4.78, 5) is 0.486. The first-order valence-electron chi connectivity index (χ1n) is 11.5. The van der Waals surface area contributed by atoms with E-state index in [0.717, 1.165) is 11.1 Å². The van der Waals surface area contributed by atoms with Crippen LogP contribution in [-0.2, 0) is 20.0 Å². The van der Waals surface area contributed by atoms with Crippen molar-refractivity contribution in [1.82, 2.24) is 0 Å². The number of hydrogen-bond donors (Lipinski definition) is 2. The molecule has 36 heavy (non-hydrogen) atoms. The van der Waals surface area contributed by atoms with Gasteiger partial charge in [0.15, 0.2) is 0 Å². The molecule has 6 nitrogen and oxygen atoms in total. The molecule has 8 heteroatoms. The number of fused-ring (bicyclic) bond motifs is 1. The van der Waals surface area contributed by atoms with Crippen LogP contribution < -0.4 is 9.44 Å². The van der Waals surface area contributed by atoms with E-state index >= 15 is 0 Å². The molecule has 0 spiro atoms. The number of anilines is 2. The van der Waals surface area contributed by atoms with E-state index in [2.05, 4.69) is 9.44 Å². The predicted octanol–water partition coefficient (Wildman–Crippen LogP) is 6.29. The molecule has 0 fully saturated rings. The van der Waals surface area contributed by atoms with Crippen LogP contribution in [-0.4, -0.2) is 16.8 Å². The van der Waals surface area contributed by atoms with Crippen molar-refractivity contribution in [2.75, 3.05) is 9.44 Å². The monoisotopic (exact) mass is 522 g/mol. The molecule has 4 rings (SSSR count). The Hall–Kier alpha value is -3.36. The van der Waals surface area contributed by atoms with Gasteiger partial charge in [0.1, 0.15) is 0 Å². The first-order chi connectivity index (χ1) is 16.8. The smallest absolute Gasteiger partial charge is 0.262 e. The maximum absolute atomic E-state index is 13.4. The van der Waals surface area contributed by atoms with Crippen molar-refractivity contribution < 1.29 is 16.8 Å². The van der Waals surface area contributed by atoms with Crippen molar-refractivity contribution in [2.24, 2.45) is 0 Å². The summed E-state index contributed by atoms with van der Waals surface area (Å²) in [5.41, 5.74) is 5.38. The summed E-state index contributed by atoms with van der Waals surface area (Å²) in [5, 5.41) is 1.17. The summed E-state index contributed by atoms with van der Waals surface area (Å²) in [6, 6.07) is 17.6. The van der Waals surface area contributed by atoms with E-state index < -0.39 is 20.0 Å². The second-order valence-electron chi connectivity index (χ2n) is 9.37. The summed E-state index contributed by atoms with van der Waals surface area (Å²) in [6.45, 7) is 11.0. The fourth-order valence-electron chi connectivity index (χ4n) is 5.05. The summed E-state index contributed by atoms with van der Waals surface area (Å²) >= 11 is 0. The van der Waals surface area contributed by atoms with Crippen molar-refractivity contribution >= 4 is 42.2 Å². The molecule has 0 aromatic heterocycles. The maximum atomic E-state index is 13.4. The van der Waals surface area contributed by atoms with Gasteiger partial charge in [-0.2, -0.15) is 0 Å². The van der Waals surface area contributed by atoms with Crippen LogP contribution in [0.1, 0.15) is 33.4 Å². The summed E-state index contributed by atoms with van der Waals surface area (Å²) in [6.07, 6.45) is 0. The minimum absolute atomic E-state index is 0.243. The van der Waals surface area contributed by atoms with Crippen LogP contribution in [0.3, 0.4) is 0 Å². The van der Waals surface area contributed by atoms with Crippen LogP contribution >= 0.6 is 0 Å². The van der Waals surface area contributed by atoms with Gasteiger partial charge in [-0.05, 0) is 75.9 Å². The van der Waals surface area contributed by atoms with Crippen LogP contribution in [0.2, 0.25) is 0 Å². The number of nitrogens with one attached hydrogen (secondary N) is 2. The van der Waals surface area contributed by atoms with Gasteiger partial charge >= 0.3 is 0 Å². The van der Waals surface area contributed by atoms with Gasteiger partial charge in [-0.15, -0.1) is 0 Å². The zero-order chi connectivity index (χ0) is 26.4. The highest BCUT2D eigenvalue weighted by atomic mass is 32.2. The van der Waals surface area contributed by atoms with Crippen LogP contribution in [0.15, 0.2) is 70.5 Å². The van der Waals surface area contributed by atoms with Crippen LogP contribution in [0.25, 0.3) is 10.8 Å². The molecular formula is C28H30N2O4S2. The van der Waals surface area contributed by atoms with Crippen molar-refractivity contribution in [2.45, 2.75) is 51.3 Å². The predicted molar refractivity (Wildman–Crippen MR) is 147 cm³/mol. The third kappa shape index (κ3) is 4.83. The normalized spacial score (nSPS) is 12.1. The van der Waals surface area contributed by atoms with Crippen molar-refractivity contribution in [3.63, 3.8) is 0 Å². The lowest BCUT2D eigenvalue weighted by atomic mass is 10.1. The summed E-state index contributed by atoms with van der Waals surface area (Å²) in [5.74, 6) is 0. The summed E-state index contributed by atoms with van der Waals surface area (Å²) in [7, 11) is -7.76. The number of sulfonamides is 2. The lowest BCUT2D eigenvalue weighted by Gasteiger charge is -2.18. The molecule has 0 saturated heterocycles. The molecule has 0 aliphatic heterocycles. The summed E-state index contributed by atoms with van der Waals surface area (Å²) < 4.78 is 58.9. The molecule has 2 N–H and O–H groups in total. The van der Waals surface area contributed by atoms with Gasteiger partial charge in [0, 0.05) is 10.8 Å². The largest absolute Gasteiger partial charge is 0.279 e. The standard InChI is InChI=1S/C28H30N2O4S2/c1-17-13-19(3)27(20(4)14-17)35(31,32)29-25-11-12-26(24-10-8-7-9-23(24)25)30-36(33,34)28-21(5)15-18(2)16-22(28)6/h7-16,29-30H,1-6H3. The van der Waals surface area contributed by atoms with Crippen molar-refractivity contribution in [3.05, 3.63) is 94.0 Å². The third-order valence-corrected chi connectivity index (χ3v) is 9.50. The van der Waals surface area contributed by atoms with E-state index in [4.69, 9.17) is 0 Å². The Morgan fingerprint density at radius 1 is 0.500 bits per heavy atom. The quantitative estimate of drug-likeness (QED) is 0.311. The van der Waals surface area contributed by atoms with Gasteiger partial charge in [0.05, 0.1) is 21.2 Å². The molecule has 0 saturated carbocycles. The fourth-order valence-corrected chi connectivity index (χ4v) is 8.12. The average molecular weight is 523 g/mol. The molecule has 0 amide bonds. The maximum Gasteiger partial charge on any atom is 0.262 e. The third-order valence-electron chi connectivity index (χ3n) is 6.16. The van der Waals surface area contributed by atoms with Crippen LogP contribution in [0.4, 0.5) is 11.4 Å². The fraction of sp³-hybridized carbons (Fsp3) is 0.214. The zero-order valence-electron chi connectivity index (χ0n) is 21.2. The number of aryl methyl sites for hydroxylation is 6. The van der Waals surface area contributed by atoms with Crippen molar-refractivity contribution in [1.29, 1.82) is 0 Å². The molecular weight excluding hydrogens is 492 g/mol. The molecule has 0 unspecified atom stereocenters. The Kier molecular flexibility index (Phi) is 6.62. The first kappa shape index (κ1) is 25.7. The van der Waals surface area contributed by atoms with E-state index in [-0.39, 0.29) is 9.79 Å². The molecule has 0 heterocycles. The number of hydrogen-bond acceptors (Lipinski definition) is 4. The second-order valence-corrected chi connectivity index (χ2v) is 12.6. The lowest BCUT2D eigenvalue weighted by molar-refractivity contribution is 0.598. The molecule has 4 aromatic rings. The van der Waals surface area contributed by atoms with Gasteiger partial charge in [-0.1, -0.05) is 59.7 Å². The molecule has 0 aliphatic rings. The molecule has 0 atom stereocenters. The minimum atomic E-state index is -3.88. The lowest BCUT2D eigenvalue weighted by Crippen LogP contribution is -2.17. The van der Waals surface area contributed by atoms with Gasteiger partial charge in [0.2, 0.25) is 0 Å². The highest BCUT2D eigenvalue weighted by Gasteiger charge is 2.23. The molecule has 0 bridgehead atoms. The van der Waals surface area contributed by atoms with Crippen molar-refractivity contribution in [3.8, 4) is 0 Å². The van der Waals surface area contributed by atoms with Gasteiger partial charge in [-0.3, -0.25) is 9.44 Å². The van der Waals surface area contributed by atoms with E-state index in [0.29, 0.717) is 44.4 Å². The Balaban J connectivity index is 1.78.